The van der Waals surface area contributed by atoms with Gasteiger partial charge in [0.25, 0.3) is 0 Å². The number of rotatable bonds is 1. The Hall–Kier alpha value is -1.82. The number of hydrogen-bond acceptors (Lipinski definition) is 3. The van der Waals surface area contributed by atoms with Crippen molar-refractivity contribution in [3.05, 3.63) is 36.0 Å². The summed E-state index contributed by atoms with van der Waals surface area (Å²) in [7, 11) is 0. The molecule has 2 rings (SSSR count). The third-order valence-electron chi connectivity index (χ3n) is 2.02. The summed E-state index contributed by atoms with van der Waals surface area (Å²) in [5.41, 5.74) is 0.607. The van der Waals surface area contributed by atoms with Gasteiger partial charge in [-0.15, -0.1) is 0 Å². The van der Waals surface area contributed by atoms with Crippen LogP contribution in [-0.4, -0.2) is 18.1 Å². The summed E-state index contributed by atoms with van der Waals surface area (Å²) in [5, 5.41) is 8.58. The lowest BCUT2D eigenvalue weighted by Crippen LogP contribution is -2.19. The smallest absolute Gasteiger partial charge is 0.129 e. The van der Waals surface area contributed by atoms with Crippen molar-refractivity contribution in [3.63, 3.8) is 0 Å². The molecule has 0 spiro atoms. The van der Waals surface area contributed by atoms with Gasteiger partial charge in [-0.1, -0.05) is 12.2 Å². The molecule has 1 aromatic heterocycles. The first-order valence-electron chi connectivity index (χ1n) is 4.16. The number of hydrogen-bond donors (Lipinski definition) is 0. The van der Waals surface area contributed by atoms with Gasteiger partial charge in [-0.05, 0) is 12.1 Å². The van der Waals surface area contributed by atoms with Gasteiger partial charge in [0, 0.05) is 19.3 Å². The van der Waals surface area contributed by atoms with Crippen LogP contribution in [0.4, 0.5) is 5.82 Å². The fraction of sp³-hybridized carbons (Fsp3) is 0.200. The molecule has 0 amide bonds. The maximum atomic E-state index is 8.58. The summed E-state index contributed by atoms with van der Waals surface area (Å²) in [6, 6.07) is 5.72. The number of anilines is 1. The lowest BCUT2D eigenvalue weighted by molar-refractivity contribution is 0.968. The first kappa shape index (κ1) is 7.81. The summed E-state index contributed by atoms with van der Waals surface area (Å²) >= 11 is 0. The van der Waals surface area contributed by atoms with Crippen LogP contribution < -0.4 is 4.90 Å². The van der Waals surface area contributed by atoms with Crippen molar-refractivity contribution in [3.8, 4) is 6.07 Å². The van der Waals surface area contributed by atoms with Crippen LogP contribution in [0.15, 0.2) is 30.5 Å². The zero-order valence-electron chi connectivity index (χ0n) is 7.14. The number of aromatic nitrogens is 1. The van der Waals surface area contributed by atoms with Crippen molar-refractivity contribution in [1.82, 2.24) is 4.98 Å². The summed E-state index contributed by atoms with van der Waals surface area (Å²) in [6.45, 7) is 1.83. The minimum atomic E-state index is 0.607. The molecular weight excluding hydrogens is 162 g/mol. The molecule has 1 aliphatic heterocycles. The molecule has 3 heteroatoms. The minimum absolute atomic E-state index is 0.607. The van der Waals surface area contributed by atoms with E-state index in [0.717, 1.165) is 18.9 Å². The lowest BCUT2D eigenvalue weighted by Gasteiger charge is -2.15. The van der Waals surface area contributed by atoms with E-state index in [0.29, 0.717) is 5.56 Å². The third kappa shape index (κ3) is 1.52. The number of nitrogens with zero attached hydrogens (tertiary/aromatic N) is 3. The summed E-state index contributed by atoms with van der Waals surface area (Å²) in [4.78, 5) is 6.33. The minimum Gasteiger partial charge on any atom is -0.349 e. The van der Waals surface area contributed by atoms with E-state index in [2.05, 4.69) is 22.0 Å². The van der Waals surface area contributed by atoms with Gasteiger partial charge in [-0.3, -0.25) is 0 Å². The number of pyridine rings is 1. The largest absolute Gasteiger partial charge is 0.349 e. The van der Waals surface area contributed by atoms with Gasteiger partial charge in [0.2, 0.25) is 0 Å². The van der Waals surface area contributed by atoms with Gasteiger partial charge < -0.3 is 4.90 Å². The predicted molar refractivity (Wildman–Crippen MR) is 50.3 cm³/mol. The first-order chi connectivity index (χ1) is 6.40. The Kier molecular flexibility index (Phi) is 1.97. The topological polar surface area (TPSA) is 39.9 Å². The molecule has 0 atom stereocenters. The molecule has 0 radical (unpaired) electrons. The third-order valence-corrected chi connectivity index (χ3v) is 2.02. The first-order valence-corrected chi connectivity index (χ1v) is 4.16. The maximum Gasteiger partial charge on any atom is 0.129 e. The molecule has 0 unspecified atom stereocenters. The van der Waals surface area contributed by atoms with Crippen LogP contribution in [0.25, 0.3) is 0 Å². The Balaban J connectivity index is 2.19. The van der Waals surface area contributed by atoms with E-state index >= 15 is 0 Å². The van der Waals surface area contributed by atoms with Gasteiger partial charge in [0.05, 0.1) is 5.56 Å². The van der Waals surface area contributed by atoms with Crippen LogP contribution in [0.3, 0.4) is 0 Å². The second kappa shape index (κ2) is 3.28. The van der Waals surface area contributed by atoms with Crippen molar-refractivity contribution in [2.75, 3.05) is 18.0 Å². The van der Waals surface area contributed by atoms with Gasteiger partial charge in [0.15, 0.2) is 0 Å². The standard InChI is InChI=1S/C10H9N3/c11-7-9-3-4-10(12-8-9)13-5-1-2-6-13/h1-4,8H,5-6H2. The van der Waals surface area contributed by atoms with Crippen LogP contribution >= 0.6 is 0 Å². The highest BCUT2D eigenvalue weighted by Gasteiger charge is 2.07. The van der Waals surface area contributed by atoms with Crippen molar-refractivity contribution in [2.24, 2.45) is 0 Å². The zero-order valence-corrected chi connectivity index (χ0v) is 7.14. The lowest BCUT2D eigenvalue weighted by atomic mass is 10.3. The number of nitriles is 1. The zero-order chi connectivity index (χ0) is 9.10. The van der Waals surface area contributed by atoms with Gasteiger partial charge >= 0.3 is 0 Å². The molecule has 64 valence electrons. The Morgan fingerprint density at radius 2 is 2.08 bits per heavy atom. The van der Waals surface area contributed by atoms with E-state index < -0.39 is 0 Å². The Morgan fingerprint density at radius 3 is 2.62 bits per heavy atom. The second-order valence-corrected chi connectivity index (χ2v) is 2.89. The molecule has 1 aromatic rings. The molecule has 0 aliphatic carbocycles. The fourth-order valence-electron chi connectivity index (χ4n) is 1.30. The van der Waals surface area contributed by atoms with Gasteiger partial charge in [-0.25, -0.2) is 4.98 Å². The van der Waals surface area contributed by atoms with Crippen LogP contribution in [0.1, 0.15) is 5.56 Å². The Labute approximate surface area is 76.9 Å². The van der Waals surface area contributed by atoms with Crippen LogP contribution in [-0.2, 0) is 0 Å². The summed E-state index contributed by atoms with van der Waals surface area (Å²) < 4.78 is 0. The van der Waals surface area contributed by atoms with Gasteiger partial charge in [0.1, 0.15) is 11.9 Å². The molecule has 0 fully saturated rings. The quantitative estimate of drug-likeness (QED) is 0.598. The van der Waals surface area contributed by atoms with Crippen LogP contribution in [0.2, 0.25) is 0 Å². The highest BCUT2D eigenvalue weighted by molar-refractivity contribution is 5.44. The Morgan fingerprint density at radius 1 is 1.31 bits per heavy atom. The normalized spacial score (nSPS) is 14.5. The van der Waals surface area contributed by atoms with E-state index in [1.165, 1.54) is 0 Å². The van der Waals surface area contributed by atoms with Crippen LogP contribution in [0.5, 0.6) is 0 Å². The predicted octanol–water partition coefficient (Wildman–Crippen LogP) is 1.33. The van der Waals surface area contributed by atoms with E-state index in [1.54, 1.807) is 12.3 Å². The average molecular weight is 171 g/mol. The molecule has 13 heavy (non-hydrogen) atoms. The SMILES string of the molecule is N#Cc1ccc(N2CC=CC2)nc1. The van der Waals surface area contributed by atoms with E-state index in [4.69, 9.17) is 5.26 Å². The molecule has 1 aliphatic rings. The van der Waals surface area contributed by atoms with E-state index in [9.17, 15) is 0 Å². The summed E-state index contributed by atoms with van der Waals surface area (Å²) in [5.74, 6) is 0.934. The molecule has 0 bridgehead atoms. The highest BCUT2D eigenvalue weighted by atomic mass is 15.2. The highest BCUT2D eigenvalue weighted by Crippen LogP contribution is 2.13. The molecule has 2 heterocycles. The van der Waals surface area contributed by atoms with Gasteiger partial charge in [-0.2, -0.15) is 5.26 Å². The molecular formula is C10H9N3. The molecule has 0 saturated heterocycles. The second-order valence-electron chi connectivity index (χ2n) is 2.89. The molecule has 0 saturated carbocycles. The molecule has 3 nitrogen and oxygen atoms in total. The summed E-state index contributed by atoms with van der Waals surface area (Å²) in [6.07, 6.45) is 5.83. The molecule has 0 N–H and O–H groups in total. The van der Waals surface area contributed by atoms with Crippen molar-refractivity contribution >= 4 is 5.82 Å². The van der Waals surface area contributed by atoms with Crippen LogP contribution in [0, 0.1) is 11.3 Å². The van der Waals surface area contributed by atoms with Crippen molar-refractivity contribution < 1.29 is 0 Å². The van der Waals surface area contributed by atoms with E-state index in [-0.39, 0.29) is 0 Å². The maximum absolute atomic E-state index is 8.58. The average Bonchev–Trinajstić information content (AvgIpc) is 2.71. The van der Waals surface area contributed by atoms with E-state index in [1.807, 2.05) is 12.1 Å². The van der Waals surface area contributed by atoms with Crippen molar-refractivity contribution in [1.29, 1.82) is 5.26 Å². The fourth-order valence-corrected chi connectivity index (χ4v) is 1.30. The van der Waals surface area contributed by atoms with Crippen molar-refractivity contribution in [2.45, 2.75) is 0 Å². The monoisotopic (exact) mass is 171 g/mol. The Bertz CT molecular complexity index is 351. The molecule has 0 aromatic carbocycles.